The summed E-state index contributed by atoms with van der Waals surface area (Å²) in [6.07, 6.45) is 0.474. The van der Waals surface area contributed by atoms with E-state index in [9.17, 15) is 14.7 Å². The maximum atomic E-state index is 13.4. The molecule has 0 radical (unpaired) electrons. The average molecular weight is 389 g/mol. The van der Waals surface area contributed by atoms with Crippen LogP contribution in [0.4, 0.5) is 4.79 Å². The second-order valence-corrected chi connectivity index (χ2v) is 9.30. The quantitative estimate of drug-likeness (QED) is 0.857. The number of nitrogens with zero attached hydrogens (tertiary/aromatic N) is 2. The van der Waals surface area contributed by atoms with Crippen molar-refractivity contribution in [1.29, 1.82) is 0 Å². The van der Waals surface area contributed by atoms with Gasteiger partial charge in [0, 0.05) is 32.1 Å². The molecule has 2 heterocycles. The first-order valence-electron chi connectivity index (χ1n) is 10.0. The van der Waals surface area contributed by atoms with Crippen LogP contribution in [0.15, 0.2) is 30.3 Å². The fourth-order valence-corrected chi connectivity index (χ4v) is 5.25. The normalized spacial score (nSPS) is 28.2. The minimum atomic E-state index is -0.947. The smallest absolute Gasteiger partial charge is 0.407 e. The van der Waals surface area contributed by atoms with Crippen LogP contribution in [0.2, 0.25) is 0 Å². The molecule has 2 amide bonds. The maximum Gasteiger partial charge on any atom is 0.407 e. The molecule has 0 bridgehead atoms. The van der Waals surface area contributed by atoms with Gasteiger partial charge in [-0.15, -0.1) is 0 Å². The standard InChI is InChI=1S/C22H32N2O4/c1-21(2,3)18-17(14-28-13-16-9-6-5-7-10-16)22(19(25)23(18)4)11-8-12-24(15-22)20(26)27/h5-7,9-10,17-18H,8,11-15H2,1-4H3,(H,26,27). The summed E-state index contributed by atoms with van der Waals surface area (Å²) < 4.78 is 6.10. The van der Waals surface area contributed by atoms with E-state index in [0.717, 1.165) is 5.56 Å². The van der Waals surface area contributed by atoms with E-state index in [-0.39, 0.29) is 29.8 Å². The summed E-state index contributed by atoms with van der Waals surface area (Å²) in [4.78, 5) is 28.3. The van der Waals surface area contributed by atoms with E-state index in [1.165, 1.54) is 4.90 Å². The van der Waals surface area contributed by atoms with Crippen molar-refractivity contribution in [3.05, 3.63) is 35.9 Å². The molecular formula is C22H32N2O4. The van der Waals surface area contributed by atoms with Crippen LogP contribution in [0, 0.1) is 16.7 Å². The number of ether oxygens (including phenoxy) is 1. The number of hydrogen-bond acceptors (Lipinski definition) is 3. The van der Waals surface area contributed by atoms with Crippen LogP contribution in [0.25, 0.3) is 0 Å². The molecule has 6 heteroatoms. The molecule has 2 saturated heterocycles. The van der Waals surface area contributed by atoms with Crippen molar-refractivity contribution >= 4 is 12.0 Å². The average Bonchev–Trinajstić information content (AvgIpc) is 2.84. The van der Waals surface area contributed by atoms with Crippen molar-refractivity contribution in [2.75, 3.05) is 26.7 Å². The lowest BCUT2D eigenvalue weighted by molar-refractivity contribution is -0.139. The van der Waals surface area contributed by atoms with Gasteiger partial charge in [0.15, 0.2) is 0 Å². The number of benzene rings is 1. The largest absolute Gasteiger partial charge is 0.465 e. The van der Waals surface area contributed by atoms with Crippen LogP contribution < -0.4 is 0 Å². The van der Waals surface area contributed by atoms with Gasteiger partial charge < -0.3 is 19.6 Å². The molecule has 1 spiro atoms. The highest BCUT2D eigenvalue weighted by atomic mass is 16.5. The van der Waals surface area contributed by atoms with Crippen molar-refractivity contribution < 1.29 is 19.4 Å². The van der Waals surface area contributed by atoms with Gasteiger partial charge in [-0.25, -0.2) is 4.79 Å². The zero-order chi connectivity index (χ0) is 20.5. The summed E-state index contributed by atoms with van der Waals surface area (Å²) in [5.74, 6) is 0.0162. The summed E-state index contributed by atoms with van der Waals surface area (Å²) in [6.45, 7) is 8.11. The summed E-state index contributed by atoms with van der Waals surface area (Å²) >= 11 is 0. The lowest BCUT2D eigenvalue weighted by Crippen LogP contribution is -2.53. The lowest BCUT2D eigenvalue weighted by Gasteiger charge is -2.43. The molecule has 3 unspecified atom stereocenters. The fraction of sp³-hybridized carbons (Fsp3) is 0.636. The SMILES string of the molecule is CN1C(=O)C2(CCCN(C(=O)O)C2)C(COCc2ccccc2)C1C(C)(C)C. The Labute approximate surface area is 167 Å². The Bertz CT molecular complexity index is 715. The zero-order valence-electron chi connectivity index (χ0n) is 17.4. The molecule has 154 valence electrons. The number of amides is 2. The van der Waals surface area contributed by atoms with Gasteiger partial charge in [-0.1, -0.05) is 51.1 Å². The second kappa shape index (κ2) is 7.74. The molecule has 2 aliphatic rings. The molecule has 0 aliphatic carbocycles. The van der Waals surface area contributed by atoms with Gasteiger partial charge in [0.1, 0.15) is 0 Å². The fourth-order valence-electron chi connectivity index (χ4n) is 5.25. The first kappa shape index (κ1) is 20.6. The maximum absolute atomic E-state index is 13.4. The van der Waals surface area contributed by atoms with Crippen LogP contribution >= 0.6 is 0 Å². The molecule has 1 aromatic carbocycles. The van der Waals surface area contributed by atoms with Gasteiger partial charge >= 0.3 is 6.09 Å². The number of hydrogen-bond donors (Lipinski definition) is 1. The van der Waals surface area contributed by atoms with E-state index in [1.54, 1.807) is 0 Å². The summed E-state index contributed by atoms with van der Waals surface area (Å²) in [5.41, 5.74) is 0.276. The van der Waals surface area contributed by atoms with E-state index in [0.29, 0.717) is 32.6 Å². The van der Waals surface area contributed by atoms with E-state index in [4.69, 9.17) is 4.74 Å². The number of likely N-dealkylation sites (tertiary alicyclic amines) is 2. The predicted octanol–water partition coefficient (Wildman–Crippen LogP) is 3.47. The van der Waals surface area contributed by atoms with Crippen LogP contribution in [-0.2, 0) is 16.1 Å². The summed E-state index contributed by atoms with van der Waals surface area (Å²) in [7, 11) is 1.86. The highest BCUT2D eigenvalue weighted by Gasteiger charge is 2.61. The van der Waals surface area contributed by atoms with Gasteiger partial charge in [-0.3, -0.25) is 4.79 Å². The van der Waals surface area contributed by atoms with Crippen LogP contribution in [0.1, 0.15) is 39.2 Å². The molecule has 6 nitrogen and oxygen atoms in total. The number of piperidine rings is 1. The third-order valence-corrected chi connectivity index (χ3v) is 6.35. The highest BCUT2D eigenvalue weighted by molar-refractivity contribution is 5.87. The molecule has 2 aliphatic heterocycles. The third kappa shape index (κ3) is 3.75. The van der Waals surface area contributed by atoms with Crippen LogP contribution in [-0.4, -0.2) is 59.7 Å². The van der Waals surface area contributed by atoms with Gasteiger partial charge in [-0.2, -0.15) is 0 Å². The van der Waals surface area contributed by atoms with E-state index >= 15 is 0 Å². The third-order valence-electron chi connectivity index (χ3n) is 6.35. The monoisotopic (exact) mass is 388 g/mol. The Morgan fingerprint density at radius 3 is 2.57 bits per heavy atom. The van der Waals surface area contributed by atoms with E-state index in [1.807, 2.05) is 42.3 Å². The minimum absolute atomic E-state index is 0.00418. The highest BCUT2D eigenvalue weighted by Crippen LogP contribution is 2.51. The first-order chi connectivity index (χ1) is 13.2. The molecule has 3 atom stereocenters. The molecule has 0 aromatic heterocycles. The molecule has 1 N–H and O–H groups in total. The van der Waals surface area contributed by atoms with E-state index in [2.05, 4.69) is 20.8 Å². The predicted molar refractivity (Wildman–Crippen MR) is 107 cm³/mol. The number of rotatable bonds is 4. The Balaban J connectivity index is 1.87. The molecule has 28 heavy (non-hydrogen) atoms. The Kier molecular flexibility index (Phi) is 5.71. The number of carbonyl (C=O) groups excluding carboxylic acids is 1. The Morgan fingerprint density at radius 2 is 1.96 bits per heavy atom. The van der Waals surface area contributed by atoms with Crippen molar-refractivity contribution in [2.24, 2.45) is 16.7 Å². The molecule has 3 rings (SSSR count). The second-order valence-electron chi connectivity index (χ2n) is 9.30. The van der Waals surface area contributed by atoms with Gasteiger partial charge in [-0.05, 0) is 23.8 Å². The summed E-state index contributed by atoms with van der Waals surface area (Å²) in [5, 5.41) is 9.54. The van der Waals surface area contributed by atoms with Crippen LogP contribution in [0.5, 0.6) is 0 Å². The molecule has 0 saturated carbocycles. The Morgan fingerprint density at radius 1 is 1.29 bits per heavy atom. The minimum Gasteiger partial charge on any atom is -0.465 e. The molecular weight excluding hydrogens is 356 g/mol. The molecule has 2 fully saturated rings. The number of carbonyl (C=O) groups is 2. The van der Waals surface area contributed by atoms with Crippen molar-refractivity contribution in [3.8, 4) is 0 Å². The van der Waals surface area contributed by atoms with Crippen molar-refractivity contribution in [2.45, 2.75) is 46.3 Å². The topological polar surface area (TPSA) is 70.1 Å². The number of carboxylic acid groups (broad SMARTS) is 1. The summed E-state index contributed by atoms with van der Waals surface area (Å²) in [6, 6.07) is 9.99. The zero-order valence-corrected chi connectivity index (χ0v) is 17.4. The van der Waals surface area contributed by atoms with Crippen molar-refractivity contribution in [3.63, 3.8) is 0 Å². The Hall–Kier alpha value is -2.08. The van der Waals surface area contributed by atoms with Gasteiger partial charge in [0.05, 0.1) is 18.6 Å². The van der Waals surface area contributed by atoms with Crippen molar-refractivity contribution in [1.82, 2.24) is 9.80 Å². The van der Waals surface area contributed by atoms with Gasteiger partial charge in [0.25, 0.3) is 0 Å². The lowest BCUT2D eigenvalue weighted by atomic mass is 9.66. The van der Waals surface area contributed by atoms with Gasteiger partial charge in [0.2, 0.25) is 5.91 Å². The molecule has 1 aromatic rings. The first-order valence-corrected chi connectivity index (χ1v) is 10.0. The van der Waals surface area contributed by atoms with E-state index < -0.39 is 11.5 Å². The van der Waals surface area contributed by atoms with Crippen LogP contribution in [0.3, 0.4) is 0 Å².